The van der Waals surface area contributed by atoms with Crippen molar-refractivity contribution in [1.82, 2.24) is 10.2 Å². The normalized spacial score (nSPS) is 17.1. The molecule has 0 radical (unpaired) electrons. The van der Waals surface area contributed by atoms with Gasteiger partial charge in [-0.05, 0) is 35.4 Å². The second-order valence-electron chi connectivity index (χ2n) is 8.06. The summed E-state index contributed by atoms with van der Waals surface area (Å²) < 4.78 is 16.2. The third kappa shape index (κ3) is 5.81. The van der Waals surface area contributed by atoms with Gasteiger partial charge in [0.25, 0.3) is 5.91 Å². The van der Waals surface area contributed by atoms with E-state index in [1.54, 1.807) is 31.3 Å². The highest BCUT2D eigenvalue weighted by molar-refractivity contribution is 5.94. The van der Waals surface area contributed by atoms with Gasteiger partial charge in [0.2, 0.25) is 5.91 Å². The highest BCUT2D eigenvalue weighted by Gasteiger charge is 2.46. The molecular formula is C28H28N2O5. The first-order valence-corrected chi connectivity index (χ1v) is 11.3. The Bertz CT molecular complexity index is 1180. The third-order valence-corrected chi connectivity index (χ3v) is 5.77. The first kappa shape index (κ1) is 23.9. The Labute approximate surface area is 204 Å². The molecule has 1 aliphatic rings. The fourth-order valence-electron chi connectivity index (χ4n) is 3.95. The quantitative estimate of drug-likeness (QED) is 0.456. The topological polar surface area (TPSA) is 77.1 Å². The van der Waals surface area contributed by atoms with Crippen LogP contribution in [0.4, 0.5) is 0 Å². The molecule has 3 aromatic rings. The number of methoxy groups -OCH3 is 2. The van der Waals surface area contributed by atoms with Crippen molar-refractivity contribution in [3.63, 3.8) is 0 Å². The lowest BCUT2D eigenvalue weighted by Gasteiger charge is -2.46. The number of ether oxygens (including phenoxy) is 3. The number of likely N-dealkylation sites (tertiary alicyclic amines) is 1. The monoisotopic (exact) mass is 472 g/mol. The highest BCUT2D eigenvalue weighted by atomic mass is 16.5. The van der Waals surface area contributed by atoms with Crippen molar-refractivity contribution >= 4 is 17.9 Å². The fourth-order valence-corrected chi connectivity index (χ4v) is 3.95. The van der Waals surface area contributed by atoms with Crippen LogP contribution in [-0.2, 0) is 16.1 Å². The Morgan fingerprint density at radius 2 is 1.63 bits per heavy atom. The van der Waals surface area contributed by atoms with Crippen LogP contribution < -0.4 is 19.5 Å². The number of β-lactam (4-membered cyclic amide) rings is 1. The molecule has 1 saturated heterocycles. The van der Waals surface area contributed by atoms with Crippen molar-refractivity contribution in [3.05, 3.63) is 96.1 Å². The molecule has 0 saturated carbocycles. The summed E-state index contributed by atoms with van der Waals surface area (Å²) in [5.74, 6) is 1.30. The van der Waals surface area contributed by atoms with E-state index in [9.17, 15) is 9.59 Å². The first-order chi connectivity index (χ1) is 17.1. The van der Waals surface area contributed by atoms with Crippen molar-refractivity contribution in [2.24, 2.45) is 0 Å². The van der Waals surface area contributed by atoms with Crippen molar-refractivity contribution in [1.29, 1.82) is 0 Å². The van der Waals surface area contributed by atoms with E-state index >= 15 is 0 Å². The molecule has 1 aliphatic heterocycles. The van der Waals surface area contributed by atoms with Crippen molar-refractivity contribution in [3.8, 4) is 17.2 Å². The van der Waals surface area contributed by atoms with Gasteiger partial charge in [-0.2, -0.15) is 0 Å². The number of rotatable bonds is 10. The van der Waals surface area contributed by atoms with Gasteiger partial charge in [-0.3, -0.25) is 9.59 Å². The molecule has 0 aliphatic carbocycles. The molecule has 0 aromatic heterocycles. The van der Waals surface area contributed by atoms with Gasteiger partial charge in [-0.1, -0.05) is 66.7 Å². The number of benzene rings is 3. The molecule has 1 N–H and O–H groups in total. The van der Waals surface area contributed by atoms with E-state index in [1.807, 2.05) is 78.9 Å². The summed E-state index contributed by atoms with van der Waals surface area (Å²) in [6.07, 6.45) is 3.90. The minimum Gasteiger partial charge on any atom is -0.493 e. The van der Waals surface area contributed by atoms with Crippen molar-refractivity contribution in [2.45, 2.75) is 18.6 Å². The smallest absolute Gasteiger partial charge is 0.258 e. The number of nitrogens with zero attached hydrogens (tertiary/aromatic N) is 1. The fraction of sp³-hybridized carbons (Fsp3) is 0.214. The lowest BCUT2D eigenvalue weighted by molar-refractivity contribution is -0.152. The molecule has 35 heavy (non-hydrogen) atoms. The summed E-state index contributed by atoms with van der Waals surface area (Å²) in [6, 6.07) is 23.5. The Morgan fingerprint density at radius 3 is 2.31 bits per heavy atom. The van der Waals surface area contributed by atoms with Gasteiger partial charge in [0.05, 0.1) is 20.3 Å². The predicted molar refractivity (Wildman–Crippen MR) is 133 cm³/mol. The minimum absolute atomic E-state index is 0.157. The zero-order chi connectivity index (χ0) is 24.6. The maximum absolute atomic E-state index is 13.1. The summed E-state index contributed by atoms with van der Waals surface area (Å²) >= 11 is 0. The van der Waals surface area contributed by atoms with Gasteiger partial charge >= 0.3 is 0 Å². The van der Waals surface area contributed by atoms with Crippen LogP contribution in [0, 0.1) is 0 Å². The van der Waals surface area contributed by atoms with E-state index < -0.39 is 6.04 Å². The van der Waals surface area contributed by atoms with Crippen LogP contribution in [0.1, 0.15) is 11.1 Å². The van der Waals surface area contributed by atoms with E-state index in [0.717, 1.165) is 11.1 Å². The predicted octanol–water partition coefficient (Wildman–Crippen LogP) is 3.69. The Balaban J connectivity index is 1.47. The second kappa shape index (κ2) is 11.2. The number of nitrogens with one attached hydrogen (secondary N) is 1. The largest absolute Gasteiger partial charge is 0.493 e. The summed E-state index contributed by atoms with van der Waals surface area (Å²) in [4.78, 5) is 27.3. The number of carbonyl (C=O) groups excluding carboxylic acids is 2. The second-order valence-corrected chi connectivity index (χ2v) is 8.06. The molecule has 3 aromatic carbocycles. The maximum Gasteiger partial charge on any atom is 0.258 e. The van der Waals surface area contributed by atoms with E-state index in [2.05, 4.69) is 5.32 Å². The molecule has 2 unspecified atom stereocenters. The van der Waals surface area contributed by atoms with Crippen LogP contribution >= 0.6 is 0 Å². The third-order valence-electron chi connectivity index (χ3n) is 5.77. The van der Waals surface area contributed by atoms with Gasteiger partial charge < -0.3 is 24.4 Å². The van der Waals surface area contributed by atoms with Gasteiger partial charge in [0.15, 0.2) is 18.1 Å². The number of hydrogen-bond acceptors (Lipinski definition) is 5. The van der Waals surface area contributed by atoms with Crippen molar-refractivity contribution < 1.29 is 23.8 Å². The van der Waals surface area contributed by atoms with Crippen LogP contribution in [0.5, 0.6) is 17.2 Å². The molecule has 0 spiro atoms. The molecule has 7 heteroatoms. The molecule has 7 nitrogen and oxygen atoms in total. The minimum atomic E-state index is -0.665. The lowest BCUT2D eigenvalue weighted by Crippen LogP contribution is -2.69. The van der Waals surface area contributed by atoms with Crippen LogP contribution in [0.25, 0.3) is 6.08 Å². The lowest BCUT2D eigenvalue weighted by atomic mass is 9.92. The average Bonchev–Trinajstić information content (AvgIpc) is 2.91. The summed E-state index contributed by atoms with van der Waals surface area (Å²) in [7, 11) is 3.15. The van der Waals surface area contributed by atoms with Crippen LogP contribution in [0.15, 0.2) is 84.9 Å². The summed E-state index contributed by atoms with van der Waals surface area (Å²) in [5.41, 5.74) is 1.90. The highest BCUT2D eigenvalue weighted by Crippen LogP contribution is 2.31. The van der Waals surface area contributed by atoms with E-state index in [-0.39, 0.29) is 24.5 Å². The summed E-state index contributed by atoms with van der Waals surface area (Å²) in [5, 5.41) is 2.83. The van der Waals surface area contributed by atoms with Crippen molar-refractivity contribution in [2.75, 3.05) is 20.8 Å². The van der Waals surface area contributed by atoms with Crippen LogP contribution in [0.3, 0.4) is 0 Å². The number of amides is 2. The molecule has 2 atom stereocenters. The van der Waals surface area contributed by atoms with E-state index in [4.69, 9.17) is 14.2 Å². The number of hydrogen-bond donors (Lipinski definition) is 1. The molecule has 1 fully saturated rings. The Hall–Kier alpha value is -4.26. The zero-order valence-electron chi connectivity index (χ0n) is 19.7. The molecule has 180 valence electrons. The molecule has 4 rings (SSSR count). The molecule has 1 heterocycles. The SMILES string of the molecule is COc1ccc(CN2C(=O)C(NC(=O)COc3ccccc3)C2C=Cc2ccccc2)cc1OC. The van der Waals surface area contributed by atoms with Gasteiger partial charge in [0, 0.05) is 6.54 Å². The Morgan fingerprint density at radius 1 is 0.943 bits per heavy atom. The van der Waals surface area contributed by atoms with Crippen LogP contribution in [-0.4, -0.2) is 49.6 Å². The van der Waals surface area contributed by atoms with Gasteiger partial charge in [0.1, 0.15) is 11.8 Å². The summed E-state index contributed by atoms with van der Waals surface area (Å²) in [6.45, 7) is 0.203. The standard InChI is InChI=1S/C28H28N2O5/c1-33-24-16-14-21(17-25(24)34-2)18-30-23(15-13-20-9-5-3-6-10-20)27(28(30)32)29-26(31)19-35-22-11-7-4-8-12-22/h3-17,23,27H,18-19H2,1-2H3,(H,29,31). The maximum atomic E-state index is 13.1. The average molecular weight is 473 g/mol. The Kier molecular flexibility index (Phi) is 7.67. The molecular weight excluding hydrogens is 444 g/mol. The number of carbonyl (C=O) groups is 2. The zero-order valence-corrected chi connectivity index (χ0v) is 19.7. The van der Waals surface area contributed by atoms with Gasteiger partial charge in [-0.15, -0.1) is 0 Å². The van der Waals surface area contributed by atoms with Crippen LogP contribution in [0.2, 0.25) is 0 Å². The number of para-hydroxylation sites is 1. The van der Waals surface area contributed by atoms with Gasteiger partial charge in [-0.25, -0.2) is 0 Å². The van der Waals surface area contributed by atoms with E-state index in [1.165, 1.54) is 0 Å². The molecule has 0 bridgehead atoms. The molecule has 2 amide bonds. The first-order valence-electron chi connectivity index (χ1n) is 11.3. The van der Waals surface area contributed by atoms with E-state index in [0.29, 0.717) is 23.8 Å².